The molecule has 18 heavy (non-hydrogen) atoms. The Morgan fingerprint density at radius 1 is 1.33 bits per heavy atom. The van der Waals surface area contributed by atoms with Crippen LogP contribution in [0.2, 0.25) is 10.0 Å². The fourth-order valence-corrected chi connectivity index (χ4v) is 2.74. The molecule has 0 aliphatic carbocycles. The summed E-state index contributed by atoms with van der Waals surface area (Å²) < 4.78 is 2.09. The first-order chi connectivity index (χ1) is 8.70. The fourth-order valence-electron chi connectivity index (χ4n) is 2.18. The predicted molar refractivity (Wildman–Crippen MR) is 76.3 cm³/mol. The average Bonchev–Trinajstić information content (AvgIpc) is 2.81. The van der Waals surface area contributed by atoms with E-state index in [-0.39, 0.29) is 0 Å². The van der Waals surface area contributed by atoms with Crippen molar-refractivity contribution in [2.75, 3.05) is 0 Å². The van der Waals surface area contributed by atoms with Crippen LogP contribution in [0.25, 0.3) is 0 Å². The van der Waals surface area contributed by atoms with Crippen LogP contribution in [0, 0.1) is 0 Å². The van der Waals surface area contributed by atoms with Crippen molar-refractivity contribution in [3.8, 4) is 0 Å². The van der Waals surface area contributed by atoms with E-state index in [9.17, 15) is 0 Å². The summed E-state index contributed by atoms with van der Waals surface area (Å²) in [5, 5.41) is 1.43. The molecule has 2 aromatic rings. The number of imidazole rings is 1. The number of aromatic nitrogens is 2. The van der Waals surface area contributed by atoms with Crippen molar-refractivity contribution in [1.29, 1.82) is 0 Å². The molecule has 2 nitrogen and oxygen atoms in total. The molecule has 0 aliphatic heterocycles. The Balaban J connectivity index is 2.23. The highest BCUT2D eigenvalue weighted by Gasteiger charge is 2.14. The summed E-state index contributed by atoms with van der Waals surface area (Å²) in [5.74, 6) is 0.397. The zero-order chi connectivity index (χ0) is 13.0. The summed E-state index contributed by atoms with van der Waals surface area (Å²) in [4.78, 5) is 4.07. The smallest absolute Gasteiger partial charge is 0.0946 e. The normalized spacial score (nSPS) is 12.6. The molecule has 1 aromatic heterocycles. The van der Waals surface area contributed by atoms with Crippen molar-refractivity contribution in [2.24, 2.45) is 0 Å². The molecule has 0 fully saturated rings. The lowest BCUT2D eigenvalue weighted by atomic mass is 9.94. The van der Waals surface area contributed by atoms with Crippen molar-refractivity contribution < 1.29 is 0 Å². The third-order valence-electron chi connectivity index (χ3n) is 3.03. The van der Waals surface area contributed by atoms with Gasteiger partial charge >= 0.3 is 0 Å². The van der Waals surface area contributed by atoms with Crippen molar-refractivity contribution in [3.05, 3.63) is 52.5 Å². The molecule has 1 atom stereocenters. The third-order valence-corrected chi connectivity index (χ3v) is 3.59. The van der Waals surface area contributed by atoms with Crippen molar-refractivity contribution >= 4 is 23.2 Å². The second-order valence-corrected chi connectivity index (χ2v) is 5.25. The van der Waals surface area contributed by atoms with E-state index in [0.29, 0.717) is 10.9 Å². The molecule has 0 saturated carbocycles. The number of hydrogen-bond acceptors (Lipinski definition) is 1. The summed E-state index contributed by atoms with van der Waals surface area (Å²) in [7, 11) is 0. The first kappa shape index (κ1) is 13.4. The second kappa shape index (κ2) is 6.26. The van der Waals surface area contributed by atoms with E-state index in [1.54, 1.807) is 6.20 Å². The van der Waals surface area contributed by atoms with Crippen LogP contribution in [0.1, 0.15) is 31.2 Å². The van der Waals surface area contributed by atoms with Gasteiger partial charge in [-0.3, -0.25) is 0 Å². The molecule has 0 saturated heterocycles. The zero-order valence-corrected chi connectivity index (χ0v) is 11.8. The van der Waals surface area contributed by atoms with Crippen molar-refractivity contribution in [1.82, 2.24) is 9.55 Å². The van der Waals surface area contributed by atoms with E-state index in [4.69, 9.17) is 23.2 Å². The molecule has 0 bridgehead atoms. The second-order valence-electron chi connectivity index (χ2n) is 4.41. The monoisotopic (exact) mass is 282 g/mol. The lowest BCUT2D eigenvalue weighted by molar-refractivity contribution is 0.519. The Morgan fingerprint density at radius 3 is 2.78 bits per heavy atom. The average molecular weight is 283 g/mol. The highest BCUT2D eigenvalue weighted by molar-refractivity contribution is 6.35. The quantitative estimate of drug-likeness (QED) is 0.772. The molecule has 4 heteroatoms. The molecule has 0 N–H and O–H groups in total. The van der Waals surface area contributed by atoms with Gasteiger partial charge in [-0.15, -0.1) is 0 Å². The van der Waals surface area contributed by atoms with Gasteiger partial charge < -0.3 is 4.57 Å². The minimum Gasteiger partial charge on any atom is -0.337 e. The van der Waals surface area contributed by atoms with Crippen molar-refractivity contribution in [2.45, 2.75) is 32.2 Å². The maximum atomic E-state index is 6.29. The zero-order valence-electron chi connectivity index (χ0n) is 10.3. The van der Waals surface area contributed by atoms with Gasteiger partial charge in [-0.05, 0) is 24.1 Å². The van der Waals surface area contributed by atoms with Gasteiger partial charge in [0.1, 0.15) is 0 Å². The first-order valence-electron chi connectivity index (χ1n) is 6.11. The van der Waals surface area contributed by atoms with Crippen molar-refractivity contribution in [3.63, 3.8) is 0 Å². The first-order valence-corrected chi connectivity index (χ1v) is 6.87. The van der Waals surface area contributed by atoms with Crippen LogP contribution in [0.3, 0.4) is 0 Å². The Morgan fingerprint density at radius 2 is 2.17 bits per heavy atom. The van der Waals surface area contributed by atoms with Gasteiger partial charge in [0, 0.05) is 34.9 Å². The predicted octanol–water partition coefficient (Wildman–Crippen LogP) is 4.77. The lowest BCUT2D eigenvalue weighted by Crippen LogP contribution is -2.08. The molecule has 0 amide bonds. The van der Waals surface area contributed by atoms with Crippen LogP contribution in [0.15, 0.2) is 36.9 Å². The van der Waals surface area contributed by atoms with E-state index < -0.39 is 0 Å². The van der Waals surface area contributed by atoms with E-state index in [1.807, 2.05) is 30.7 Å². The van der Waals surface area contributed by atoms with E-state index in [2.05, 4.69) is 16.5 Å². The maximum Gasteiger partial charge on any atom is 0.0946 e. The molecule has 0 radical (unpaired) electrons. The molecular weight excluding hydrogens is 267 g/mol. The van der Waals surface area contributed by atoms with Gasteiger partial charge in [-0.25, -0.2) is 4.98 Å². The number of halogens is 2. The summed E-state index contributed by atoms with van der Waals surface area (Å²) in [6.07, 6.45) is 7.84. The molecule has 0 spiro atoms. The Kier molecular flexibility index (Phi) is 4.67. The molecule has 1 unspecified atom stereocenters. The standard InChI is InChI=1S/C14H16Cl2N2/c1-2-3-11(9-18-7-6-17-10-18)13-5-4-12(15)8-14(13)16/h4-8,10-11H,2-3,9H2,1H3. The van der Waals surface area contributed by atoms with Crippen LogP contribution in [0.5, 0.6) is 0 Å². The summed E-state index contributed by atoms with van der Waals surface area (Å²) >= 11 is 12.2. The summed E-state index contributed by atoms with van der Waals surface area (Å²) in [5.41, 5.74) is 1.16. The van der Waals surface area contributed by atoms with E-state index in [0.717, 1.165) is 30.0 Å². The topological polar surface area (TPSA) is 17.8 Å². The summed E-state index contributed by atoms with van der Waals surface area (Å²) in [6.45, 7) is 3.08. The van der Waals surface area contributed by atoms with Gasteiger partial charge in [-0.1, -0.05) is 42.6 Å². The molecule has 1 heterocycles. The van der Waals surface area contributed by atoms with Gasteiger partial charge in [-0.2, -0.15) is 0 Å². The number of nitrogens with zero attached hydrogens (tertiary/aromatic N) is 2. The van der Waals surface area contributed by atoms with Gasteiger partial charge in [0.15, 0.2) is 0 Å². The SMILES string of the molecule is CCCC(Cn1ccnc1)c1ccc(Cl)cc1Cl. The Hall–Kier alpha value is -0.990. The maximum absolute atomic E-state index is 6.29. The summed E-state index contributed by atoms with van der Waals surface area (Å²) in [6, 6.07) is 5.75. The van der Waals surface area contributed by atoms with Crippen LogP contribution < -0.4 is 0 Å². The van der Waals surface area contributed by atoms with Gasteiger partial charge in [0.05, 0.1) is 6.33 Å². The molecular formula is C14H16Cl2N2. The number of hydrogen-bond donors (Lipinski definition) is 0. The van der Waals surface area contributed by atoms with Crippen LogP contribution >= 0.6 is 23.2 Å². The number of benzene rings is 1. The minimum absolute atomic E-state index is 0.397. The van der Waals surface area contributed by atoms with Crippen LogP contribution in [-0.2, 0) is 6.54 Å². The highest BCUT2D eigenvalue weighted by atomic mass is 35.5. The largest absolute Gasteiger partial charge is 0.337 e. The molecule has 2 rings (SSSR count). The number of rotatable bonds is 5. The van der Waals surface area contributed by atoms with Crippen LogP contribution in [0.4, 0.5) is 0 Å². The molecule has 0 aliphatic rings. The highest BCUT2D eigenvalue weighted by Crippen LogP contribution is 2.31. The van der Waals surface area contributed by atoms with E-state index >= 15 is 0 Å². The van der Waals surface area contributed by atoms with Gasteiger partial charge in [0.25, 0.3) is 0 Å². The van der Waals surface area contributed by atoms with Crippen LogP contribution in [-0.4, -0.2) is 9.55 Å². The molecule has 1 aromatic carbocycles. The van der Waals surface area contributed by atoms with Gasteiger partial charge in [0.2, 0.25) is 0 Å². The Labute approximate surface area is 118 Å². The lowest BCUT2D eigenvalue weighted by Gasteiger charge is -2.18. The minimum atomic E-state index is 0.397. The van der Waals surface area contributed by atoms with E-state index in [1.165, 1.54) is 0 Å². The Bertz CT molecular complexity index is 495. The third kappa shape index (κ3) is 3.27. The fraction of sp³-hybridized carbons (Fsp3) is 0.357. The molecule has 96 valence electrons.